The van der Waals surface area contributed by atoms with Crippen molar-refractivity contribution < 1.29 is 14.6 Å². The predicted octanol–water partition coefficient (Wildman–Crippen LogP) is 2.94. The van der Waals surface area contributed by atoms with Gasteiger partial charge in [0.1, 0.15) is 11.6 Å². The number of phenolic OH excluding ortho intramolecular Hbond substituents is 1. The Hall–Kier alpha value is -2.67. The zero-order valence-corrected chi connectivity index (χ0v) is 14.0. The van der Waals surface area contributed by atoms with E-state index in [1.807, 2.05) is 12.1 Å². The molecule has 0 radical (unpaired) electrons. The summed E-state index contributed by atoms with van der Waals surface area (Å²) in [6, 6.07) is 10.2. The van der Waals surface area contributed by atoms with Crippen LogP contribution in [0.4, 0.5) is 0 Å². The van der Waals surface area contributed by atoms with Gasteiger partial charge in [0.2, 0.25) is 0 Å². The quantitative estimate of drug-likeness (QED) is 0.692. The molecule has 0 aliphatic carbocycles. The van der Waals surface area contributed by atoms with Gasteiger partial charge in [0.25, 0.3) is 5.56 Å². The number of rotatable bonds is 5. The zero-order valence-electron chi connectivity index (χ0n) is 13.2. The SMILES string of the molecule is COc1cc2nc(CSc3ccc(O)cc3)[nH]c(=O)c2cc1OC. The fraction of sp³-hybridized carbons (Fsp3) is 0.176. The molecule has 0 unspecified atom stereocenters. The number of aromatic nitrogens is 2. The first-order chi connectivity index (χ1) is 11.6. The highest BCUT2D eigenvalue weighted by molar-refractivity contribution is 7.98. The van der Waals surface area contributed by atoms with Crippen LogP contribution in [0.2, 0.25) is 0 Å². The summed E-state index contributed by atoms with van der Waals surface area (Å²) in [5, 5.41) is 9.75. The molecule has 7 heteroatoms. The van der Waals surface area contributed by atoms with Crippen LogP contribution in [0.3, 0.4) is 0 Å². The van der Waals surface area contributed by atoms with Crippen LogP contribution in [0, 0.1) is 0 Å². The van der Waals surface area contributed by atoms with Crippen LogP contribution in [0.25, 0.3) is 10.9 Å². The lowest BCUT2D eigenvalue weighted by molar-refractivity contribution is 0.355. The summed E-state index contributed by atoms with van der Waals surface area (Å²) < 4.78 is 10.5. The second kappa shape index (κ2) is 6.84. The van der Waals surface area contributed by atoms with Crippen LogP contribution in [0.15, 0.2) is 46.1 Å². The average molecular weight is 344 g/mol. The first-order valence-electron chi connectivity index (χ1n) is 7.17. The third-order valence-corrected chi connectivity index (χ3v) is 4.50. The molecule has 0 amide bonds. The third kappa shape index (κ3) is 3.30. The lowest BCUT2D eigenvalue weighted by atomic mass is 10.2. The zero-order chi connectivity index (χ0) is 17.1. The molecule has 0 saturated heterocycles. The first kappa shape index (κ1) is 16.2. The van der Waals surface area contributed by atoms with Crippen LogP contribution in [-0.4, -0.2) is 29.3 Å². The number of fused-ring (bicyclic) bond motifs is 1. The maximum atomic E-state index is 12.3. The van der Waals surface area contributed by atoms with Gasteiger partial charge in [-0.2, -0.15) is 0 Å². The van der Waals surface area contributed by atoms with Gasteiger partial charge in [0.05, 0.1) is 30.9 Å². The van der Waals surface area contributed by atoms with Crippen molar-refractivity contribution in [2.45, 2.75) is 10.6 Å². The van der Waals surface area contributed by atoms with Crippen molar-refractivity contribution in [2.75, 3.05) is 14.2 Å². The van der Waals surface area contributed by atoms with Gasteiger partial charge in [-0.25, -0.2) is 4.98 Å². The first-order valence-corrected chi connectivity index (χ1v) is 8.16. The van der Waals surface area contributed by atoms with Crippen LogP contribution < -0.4 is 15.0 Å². The van der Waals surface area contributed by atoms with E-state index in [9.17, 15) is 9.90 Å². The standard InChI is InChI=1S/C17H16N2O4S/c1-22-14-7-12-13(8-15(14)23-2)18-16(19-17(12)21)9-24-11-5-3-10(20)4-6-11/h3-8,20H,9H2,1-2H3,(H,18,19,21). The summed E-state index contributed by atoms with van der Waals surface area (Å²) >= 11 is 1.52. The van der Waals surface area contributed by atoms with Crippen LogP contribution in [0.1, 0.15) is 5.82 Å². The van der Waals surface area contributed by atoms with Gasteiger partial charge in [-0.3, -0.25) is 4.79 Å². The number of methoxy groups -OCH3 is 2. The number of phenols is 1. The maximum absolute atomic E-state index is 12.3. The lowest BCUT2D eigenvalue weighted by Crippen LogP contribution is -2.11. The molecule has 124 valence electrons. The molecule has 2 N–H and O–H groups in total. The van der Waals surface area contributed by atoms with E-state index >= 15 is 0 Å². The van der Waals surface area contributed by atoms with Crippen LogP contribution in [-0.2, 0) is 5.75 Å². The Labute approximate surface area is 142 Å². The molecule has 0 fully saturated rings. The topological polar surface area (TPSA) is 84.4 Å². The van der Waals surface area contributed by atoms with E-state index in [0.29, 0.717) is 34.0 Å². The van der Waals surface area contributed by atoms with Crippen molar-refractivity contribution >= 4 is 22.7 Å². The summed E-state index contributed by atoms with van der Waals surface area (Å²) in [5.41, 5.74) is 0.333. The summed E-state index contributed by atoms with van der Waals surface area (Å²) in [7, 11) is 3.06. The number of aromatic amines is 1. The molecule has 0 saturated carbocycles. The normalized spacial score (nSPS) is 10.8. The van der Waals surface area contributed by atoms with Crippen molar-refractivity contribution in [2.24, 2.45) is 0 Å². The van der Waals surface area contributed by atoms with Crippen molar-refractivity contribution in [1.29, 1.82) is 0 Å². The van der Waals surface area contributed by atoms with Gasteiger partial charge in [-0.1, -0.05) is 0 Å². The molecular weight excluding hydrogens is 328 g/mol. The molecule has 24 heavy (non-hydrogen) atoms. The van der Waals surface area contributed by atoms with E-state index < -0.39 is 0 Å². The number of ether oxygens (including phenoxy) is 2. The Morgan fingerprint density at radius 1 is 1.12 bits per heavy atom. The molecule has 0 atom stereocenters. The van der Waals surface area contributed by atoms with Gasteiger partial charge in [0.15, 0.2) is 11.5 Å². The number of nitrogens with zero attached hydrogens (tertiary/aromatic N) is 1. The van der Waals surface area contributed by atoms with Crippen LogP contribution in [0.5, 0.6) is 17.2 Å². The molecule has 0 spiro atoms. The Balaban J connectivity index is 1.92. The summed E-state index contributed by atoms with van der Waals surface area (Å²) in [5.74, 6) is 2.31. The van der Waals surface area contributed by atoms with Gasteiger partial charge < -0.3 is 19.6 Å². The Kier molecular flexibility index (Phi) is 4.61. The molecule has 0 aliphatic heterocycles. The number of nitrogens with one attached hydrogen (secondary N) is 1. The molecule has 3 aromatic rings. The fourth-order valence-corrected chi connectivity index (χ4v) is 3.05. The summed E-state index contributed by atoms with van der Waals surface area (Å²) in [4.78, 5) is 20.5. The highest BCUT2D eigenvalue weighted by Gasteiger charge is 2.11. The summed E-state index contributed by atoms with van der Waals surface area (Å²) in [6.07, 6.45) is 0. The highest BCUT2D eigenvalue weighted by Crippen LogP contribution is 2.30. The third-order valence-electron chi connectivity index (χ3n) is 3.47. The van der Waals surface area contributed by atoms with Gasteiger partial charge in [-0.15, -0.1) is 11.8 Å². The average Bonchev–Trinajstić information content (AvgIpc) is 2.60. The Bertz CT molecular complexity index is 922. The molecule has 0 bridgehead atoms. The minimum Gasteiger partial charge on any atom is -0.508 e. The number of hydrogen-bond donors (Lipinski definition) is 2. The minimum atomic E-state index is -0.220. The Morgan fingerprint density at radius 3 is 2.46 bits per heavy atom. The van der Waals surface area contributed by atoms with Crippen molar-refractivity contribution in [3.8, 4) is 17.2 Å². The van der Waals surface area contributed by atoms with E-state index in [0.717, 1.165) is 4.90 Å². The number of H-pyrrole nitrogens is 1. The smallest absolute Gasteiger partial charge is 0.258 e. The van der Waals surface area contributed by atoms with Crippen LogP contribution >= 0.6 is 11.8 Å². The van der Waals surface area contributed by atoms with E-state index in [1.165, 1.54) is 18.9 Å². The second-order valence-corrected chi connectivity index (χ2v) is 6.07. The predicted molar refractivity (Wildman–Crippen MR) is 93.1 cm³/mol. The molecule has 1 aromatic heterocycles. The summed E-state index contributed by atoms with van der Waals surface area (Å²) in [6.45, 7) is 0. The Morgan fingerprint density at radius 2 is 1.79 bits per heavy atom. The van der Waals surface area contributed by atoms with E-state index in [2.05, 4.69) is 9.97 Å². The largest absolute Gasteiger partial charge is 0.508 e. The number of hydrogen-bond acceptors (Lipinski definition) is 6. The maximum Gasteiger partial charge on any atom is 0.258 e. The van der Waals surface area contributed by atoms with Crippen molar-refractivity contribution in [3.63, 3.8) is 0 Å². The lowest BCUT2D eigenvalue weighted by Gasteiger charge is -2.09. The van der Waals surface area contributed by atoms with Crippen molar-refractivity contribution in [1.82, 2.24) is 9.97 Å². The van der Waals surface area contributed by atoms with E-state index in [-0.39, 0.29) is 11.3 Å². The monoisotopic (exact) mass is 344 g/mol. The molecule has 1 heterocycles. The highest BCUT2D eigenvalue weighted by atomic mass is 32.2. The fourth-order valence-electron chi connectivity index (χ4n) is 2.28. The molecular formula is C17H16N2O4S. The van der Waals surface area contributed by atoms with Crippen molar-refractivity contribution in [3.05, 3.63) is 52.6 Å². The van der Waals surface area contributed by atoms with Gasteiger partial charge in [-0.05, 0) is 30.3 Å². The minimum absolute atomic E-state index is 0.220. The second-order valence-electron chi connectivity index (χ2n) is 5.02. The molecule has 3 rings (SSSR count). The molecule has 2 aromatic carbocycles. The molecule has 0 aliphatic rings. The molecule has 6 nitrogen and oxygen atoms in total. The number of thioether (sulfide) groups is 1. The van der Waals surface area contributed by atoms with E-state index in [1.54, 1.807) is 31.4 Å². The van der Waals surface area contributed by atoms with Gasteiger partial charge >= 0.3 is 0 Å². The van der Waals surface area contributed by atoms with Gasteiger partial charge in [0, 0.05) is 11.0 Å². The number of aromatic hydroxyl groups is 1. The number of benzene rings is 2. The van der Waals surface area contributed by atoms with E-state index in [4.69, 9.17) is 9.47 Å².